The van der Waals surface area contributed by atoms with Gasteiger partial charge in [-0.05, 0) is 31.9 Å². The molecule has 1 unspecified atom stereocenters. The molecule has 0 spiro atoms. The van der Waals surface area contributed by atoms with E-state index in [1.807, 2.05) is 30.3 Å². The van der Waals surface area contributed by atoms with Crippen molar-refractivity contribution in [1.29, 1.82) is 0 Å². The zero-order valence-electron chi connectivity index (χ0n) is 15.6. The Bertz CT molecular complexity index is 862. The molecule has 0 saturated heterocycles. The topological polar surface area (TPSA) is 63.7 Å². The summed E-state index contributed by atoms with van der Waals surface area (Å²) in [7, 11) is 0. The Balaban J connectivity index is 2.14. The highest BCUT2D eigenvalue weighted by Gasteiger charge is 2.55. The van der Waals surface area contributed by atoms with Gasteiger partial charge < -0.3 is 14.4 Å². The van der Waals surface area contributed by atoms with Crippen LogP contribution in [0.2, 0.25) is 0 Å². The minimum atomic E-state index is -1.29. The van der Waals surface area contributed by atoms with Crippen molar-refractivity contribution in [1.82, 2.24) is 4.90 Å². The van der Waals surface area contributed by atoms with Crippen molar-refractivity contribution in [2.75, 3.05) is 6.61 Å². The van der Waals surface area contributed by atoms with Crippen molar-refractivity contribution in [2.24, 2.45) is 0 Å². The number of ketones is 1. The van der Waals surface area contributed by atoms with Crippen LogP contribution in [0.5, 0.6) is 0 Å². The third-order valence-corrected chi connectivity index (χ3v) is 4.94. The molecule has 140 valence electrons. The monoisotopic (exact) mass is 365 g/mol. The number of ether oxygens (including phenoxy) is 1. The minimum Gasteiger partial charge on any atom is -0.464 e. The summed E-state index contributed by atoms with van der Waals surface area (Å²) in [5.74, 6) is -0.735. The first-order chi connectivity index (χ1) is 13.0. The van der Waals surface area contributed by atoms with Crippen LogP contribution in [-0.2, 0) is 26.4 Å². The molecule has 1 aliphatic heterocycles. The van der Waals surface area contributed by atoms with Crippen LogP contribution in [-0.4, -0.2) is 29.2 Å². The van der Waals surface area contributed by atoms with Crippen molar-refractivity contribution in [3.05, 3.63) is 71.3 Å². The van der Waals surface area contributed by atoms with E-state index in [0.717, 1.165) is 5.56 Å². The molecule has 27 heavy (non-hydrogen) atoms. The van der Waals surface area contributed by atoms with E-state index in [-0.39, 0.29) is 37.7 Å². The molecule has 1 heterocycles. The van der Waals surface area contributed by atoms with Crippen LogP contribution in [0.25, 0.3) is 0 Å². The molecule has 0 aromatic heterocycles. The predicted octanol–water partition coefficient (Wildman–Crippen LogP) is 3.47. The van der Waals surface area contributed by atoms with Gasteiger partial charge in [0.1, 0.15) is 5.78 Å². The molecule has 3 rings (SSSR count). The van der Waals surface area contributed by atoms with Crippen molar-refractivity contribution < 1.29 is 19.1 Å². The molecule has 5 nitrogen and oxygen atoms in total. The SMILES string of the molecule is CCOC(=O)C1(CCC(C)=O)c2ccccc2C(=O)N1Cc1ccccc1. The lowest BCUT2D eigenvalue weighted by Crippen LogP contribution is -2.50. The number of carbonyl (C=O) groups is 3. The van der Waals surface area contributed by atoms with Crippen LogP contribution in [0.4, 0.5) is 0 Å². The fraction of sp³-hybridized carbons (Fsp3) is 0.318. The molecule has 0 N–H and O–H groups in total. The lowest BCUT2D eigenvalue weighted by molar-refractivity contribution is -0.157. The lowest BCUT2D eigenvalue weighted by Gasteiger charge is -2.37. The first kappa shape index (κ1) is 18.8. The molecule has 2 aromatic carbocycles. The number of hydrogen-bond donors (Lipinski definition) is 0. The van der Waals surface area contributed by atoms with Crippen LogP contribution >= 0.6 is 0 Å². The number of amides is 1. The number of esters is 1. The van der Waals surface area contributed by atoms with E-state index in [1.54, 1.807) is 36.1 Å². The second-order valence-electron chi connectivity index (χ2n) is 6.71. The molecule has 0 radical (unpaired) electrons. The van der Waals surface area contributed by atoms with E-state index in [1.165, 1.54) is 6.92 Å². The number of fused-ring (bicyclic) bond motifs is 1. The number of nitrogens with zero attached hydrogens (tertiary/aromatic N) is 1. The first-order valence-corrected chi connectivity index (χ1v) is 9.12. The third kappa shape index (κ3) is 3.37. The van der Waals surface area contributed by atoms with E-state index < -0.39 is 11.5 Å². The van der Waals surface area contributed by atoms with Gasteiger partial charge in [0.05, 0.1) is 6.61 Å². The van der Waals surface area contributed by atoms with Crippen molar-refractivity contribution in [3.8, 4) is 0 Å². The van der Waals surface area contributed by atoms with E-state index in [0.29, 0.717) is 11.1 Å². The van der Waals surface area contributed by atoms with Gasteiger partial charge in [0, 0.05) is 24.1 Å². The molecule has 0 bridgehead atoms. The van der Waals surface area contributed by atoms with Gasteiger partial charge >= 0.3 is 5.97 Å². The zero-order valence-corrected chi connectivity index (χ0v) is 15.6. The fourth-order valence-corrected chi connectivity index (χ4v) is 3.67. The summed E-state index contributed by atoms with van der Waals surface area (Å²) < 4.78 is 5.39. The Labute approximate surface area is 158 Å². The van der Waals surface area contributed by atoms with Gasteiger partial charge in [0.25, 0.3) is 5.91 Å². The van der Waals surface area contributed by atoms with Crippen molar-refractivity contribution in [3.63, 3.8) is 0 Å². The lowest BCUT2D eigenvalue weighted by atomic mass is 9.84. The van der Waals surface area contributed by atoms with E-state index >= 15 is 0 Å². The summed E-state index contributed by atoms with van der Waals surface area (Å²) in [4.78, 5) is 39.7. The Morgan fingerprint density at radius 3 is 2.37 bits per heavy atom. The van der Waals surface area contributed by atoms with Crippen molar-refractivity contribution >= 4 is 17.7 Å². The van der Waals surface area contributed by atoms with Crippen LogP contribution in [0.3, 0.4) is 0 Å². The minimum absolute atomic E-state index is 0.0323. The van der Waals surface area contributed by atoms with Gasteiger partial charge in [-0.3, -0.25) is 4.79 Å². The molecule has 2 aromatic rings. The molecule has 1 aliphatic rings. The third-order valence-electron chi connectivity index (χ3n) is 4.94. The molecule has 0 saturated carbocycles. The maximum atomic E-state index is 13.2. The van der Waals surface area contributed by atoms with E-state index in [9.17, 15) is 14.4 Å². The smallest absolute Gasteiger partial charge is 0.336 e. The van der Waals surface area contributed by atoms with Gasteiger partial charge in [-0.1, -0.05) is 48.5 Å². The van der Waals surface area contributed by atoms with Crippen LogP contribution in [0.1, 0.15) is 48.2 Å². The summed E-state index contributed by atoms with van der Waals surface area (Å²) in [6.07, 6.45) is 0.391. The standard InChI is InChI=1S/C22H23NO4/c1-3-27-21(26)22(14-13-16(2)24)19-12-8-7-11-18(19)20(25)23(22)15-17-9-5-4-6-10-17/h4-12H,3,13-15H2,1-2H3. The van der Waals surface area contributed by atoms with Gasteiger partial charge in [0.2, 0.25) is 0 Å². The Hall–Kier alpha value is -2.95. The van der Waals surface area contributed by atoms with E-state index in [2.05, 4.69) is 0 Å². The quantitative estimate of drug-likeness (QED) is 0.705. The number of benzene rings is 2. The molecule has 0 aliphatic carbocycles. The number of rotatable bonds is 7. The molecule has 5 heteroatoms. The molecule has 1 amide bonds. The van der Waals surface area contributed by atoms with Crippen LogP contribution in [0, 0.1) is 0 Å². The second-order valence-corrected chi connectivity index (χ2v) is 6.71. The Morgan fingerprint density at radius 1 is 1.04 bits per heavy atom. The Kier molecular flexibility index (Phi) is 5.40. The zero-order chi connectivity index (χ0) is 19.4. The highest BCUT2D eigenvalue weighted by molar-refractivity contribution is 6.06. The summed E-state index contributed by atoms with van der Waals surface area (Å²) >= 11 is 0. The van der Waals surface area contributed by atoms with Gasteiger partial charge in [0.15, 0.2) is 5.54 Å². The summed E-state index contributed by atoms with van der Waals surface area (Å²) in [6.45, 7) is 3.70. The normalized spacial score (nSPS) is 18.3. The number of Topliss-reactive ketones (excluding diaryl/α,β-unsaturated/α-hetero) is 1. The van der Waals surface area contributed by atoms with Gasteiger partial charge in [-0.25, -0.2) is 4.79 Å². The van der Waals surface area contributed by atoms with E-state index in [4.69, 9.17) is 4.74 Å². The Morgan fingerprint density at radius 2 is 1.70 bits per heavy atom. The van der Waals surface area contributed by atoms with Crippen LogP contribution < -0.4 is 0 Å². The van der Waals surface area contributed by atoms with Crippen LogP contribution in [0.15, 0.2) is 54.6 Å². The largest absolute Gasteiger partial charge is 0.464 e. The highest BCUT2D eigenvalue weighted by Crippen LogP contribution is 2.44. The highest BCUT2D eigenvalue weighted by atomic mass is 16.5. The summed E-state index contributed by atoms with van der Waals surface area (Å²) in [5, 5.41) is 0. The fourth-order valence-electron chi connectivity index (χ4n) is 3.67. The van der Waals surface area contributed by atoms with Gasteiger partial charge in [-0.15, -0.1) is 0 Å². The molecular formula is C22H23NO4. The first-order valence-electron chi connectivity index (χ1n) is 9.12. The summed E-state index contributed by atoms with van der Waals surface area (Å²) in [6, 6.07) is 16.6. The second kappa shape index (κ2) is 7.74. The maximum Gasteiger partial charge on any atom is 0.336 e. The number of hydrogen-bond acceptors (Lipinski definition) is 4. The average molecular weight is 365 g/mol. The summed E-state index contributed by atoms with van der Waals surface area (Å²) in [5.41, 5.74) is 0.733. The maximum absolute atomic E-state index is 13.2. The van der Waals surface area contributed by atoms with Gasteiger partial charge in [-0.2, -0.15) is 0 Å². The average Bonchev–Trinajstić information content (AvgIpc) is 2.91. The molecule has 0 fully saturated rings. The molecule has 1 atom stereocenters. The predicted molar refractivity (Wildman–Crippen MR) is 101 cm³/mol. The number of carbonyl (C=O) groups excluding carboxylic acids is 3. The molecular weight excluding hydrogens is 342 g/mol. The van der Waals surface area contributed by atoms with Crippen molar-refractivity contribution in [2.45, 2.75) is 38.8 Å².